The lowest BCUT2D eigenvalue weighted by molar-refractivity contribution is -0.129. The third-order valence-corrected chi connectivity index (χ3v) is 5.35. The van der Waals surface area contributed by atoms with Crippen LogP contribution in [0.1, 0.15) is 16.7 Å². The Labute approximate surface area is 186 Å². The molecule has 31 heavy (non-hydrogen) atoms. The quantitative estimate of drug-likeness (QED) is 0.343. The number of hydrogen-bond acceptors (Lipinski definition) is 5. The molecule has 1 heterocycles. The number of carbonyl (C=O) groups is 1. The van der Waals surface area contributed by atoms with Gasteiger partial charge in [0.15, 0.2) is 17.2 Å². The predicted molar refractivity (Wildman–Crippen MR) is 118 cm³/mol. The SMILES string of the molecule is COc1cccc(/C=C2\N=C(c3ccccc3F)OC2=O)c1OCc1ccccc1Br. The predicted octanol–water partition coefficient (Wildman–Crippen LogP) is 5.52. The van der Waals surface area contributed by atoms with Gasteiger partial charge in [0, 0.05) is 15.6 Å². The van der Waals surface area contributed by atoms with Crippen LogP contribution in [0.2, 0.25) is 0 Å². The first-order chi connectivity index (χ1) is 15.1. The van der Waals surface area contributed by atoms with Crippen LogP contribution < -0.4 is 9.47 Å². The van der Waals surface area contributed by atoms with Crippen LogP contribution in [0, 0.1) is 5.82 Å². The van der Waals surface area contributed by atoms with Crippen molar-refractivity contribution in [3.05, 3.63) is 99.4 Å². The Morgan fingerprint density at radius 3 is 2.61 bits per heavy atom. The largest absolute Gasteiger partial charge is 0.493 e. The summed E-state index contributed by atoms with van der Waals surface area (Å²) in [6.45, 7) is 0.284. The van der Waals surface area contributed by atoms with Crippen molar-refractivity contribution < 1.29 is 23.4 Å². The Morgan fingerprint density at radius 2 is 1.84 bits per heavy atom. The van der Waals surface area contributed by atoms with E-state index in [1.165, 1.54) is 25.3 Å². The van der Waals surface area contributed by atoms with Gasteiger partial charge in [0.1, 0.15) is 12.4 Å². The Hall–Kier alpha value is -3.45. The van der Waals surface area contributed by atoms with Gasteiger partial charge < -0.3 is 14.2 Å². The van der Waals surface area contributed by atoms with E-state index in [0.29, 0.717) is 17.1 Å². The molecule has 0 atom stereocenters. The van der Waals surface area contributed by atoms with E-state index in [-0.39, 0.29) is 23.8 Å². The van der Waals surface area contributed by atoms with Gasteiger partial charge in [-0.1, -0.05) is 58.4 Å². The number of hydrogen-bond donors (Lipinski definition) is 0. The summed E-state index contributed by atoms with van der Waals surface area (Å²) >= 11 is 3.50. The van der Waals surface area contributed by atoms with Gasteiger partial charge in [-0.2, -0.15) is 0 Å². The lowest BCUT2D eigenvalue weighted by atomic mass is 10.1. The lowest BCUT2D eigenvalue weighted by Gasteiger charge is -2.14. The average Bonchev–Trinajstić information content (AvgIpc) is 3.14. The molecule has 0 spiro atoms. The molecule has 5 nitrogen and oxygen atoms in total. The van der Waals surface area contributed by atoms with Gasteiger partial charge in [-0.15, -0.1) is 0 Å². The molecule has 0 aromatic heterocycles. The number of cyclic esters (lactones) is 1. The summed E-state index contributed by atoms with van der Waals surface area (Å²) in [6, 6.07) is 19.0. The third-order valence-electron chi connectivity index (χ3n) is 4.58. The number of rotatable bonds is 6. The minimum Gasteiger partial charge on any atom is -0.493 e. The van der Waals surface area contributed by atoms with E-state index in [9.17, 15) is 9.18 Å². The number of carbonyl (C=O) groups excluding carboxylic acids is 1. The molecule has 4 rings (SSSR count). The molecule has 0 aliphatic carbocycles. The summed E-state index contributed by atoms with van der Waals surface area (Å²) in [5, 5.41) is 0. The number of methoxy groups -OCH3 is 1. The van der Waals surface area contributed by atoms with Crippen LogP contribution in [0.3, 0.4) is 0 Å². The van der Waals surface area contributed by atoms with Crippen LogP contribution in [-0.4, -0.2) is 19.0 Å². The lowest BCUT2D eigenvalue weighted by Crippen LogP contribution is -2.07. The van der Waals surface area contributed by atoms with E-state index >= 15 is 0 Å². The zero-order chi connectivity index (χ0) is 21.8. The van der Waals surface area contributed by atoms with Crippen LogP contribution in [0.15, 0.2) is 81.9 Å². The highest BCUT2D eigenvalue weighted by Gasteiger charge is 2.26. The van der Waals surface area contributed by atoms with Crippen molar-refractivity contribution in [2.45, 2.75) is 6.61 Å². The zero-order valence-electron chi connectivity index (χ0n) is 16.5. The fourth-order valence-electron chi connectivity index (χ4n) is 3.03. The van der Waals surface area contributed by atoms with Gasteiger partial charge in [0.25, 0.3) is 0 Å². The summed E-state index contributed by atoms with van der Waals surface area (Å²) in [6.07, 6.45) is 1.54. The molecule has 0 amide bonds. The van der Waals surface area contributed by atoms with Crippen molar-refractivity contribution in [1.82, 2.24) is 0 Å². The van der Waals surface area contributed by atoms with Gasteiger partial charge in [-0.25, -0.2) is 14.2 Å². The summed E-state index contributed by atoms with van der Waals surface area (Å²) in [5.74, 6) is -0.304. The van der Waals surface area contributed by atoms with Crippen molar-refractivity contribution in [3.63, 3.8) is 0 Å². The van der Waals surface area contributed by atoms with Crippen molar-refractivity contribution in [2.75, 3.05) is 7.11 Å². The molecule has 3 aromatic carbocycles. The Bertz CT molecular complexity index is 1210. The monoisotopic (exact) mass is 481 g/mol. The van der Waals surface area contributed by atoms with E-state index in [1.807, 2.05) is 24.3 Å². The minimum atomic E-state index is -0.669. The molecule has 0 fully saturated rings. The second-order valence-electron chi connectivity index (χ2n) is 6.57. The normalized spacial score (nSPS) is 14.4. The number of aliphatic imine (C=N–C) groups is 1. The summed E-state index contributed by atoms with van der Waals surface area (Å²) in [4.78, 5) is 16.5. The summed E-state index contributed by atoms with van der Waals surface area (Å²) in [7, 11) is 1.54. The zero-order valence-corrected chi connectivity index (χ0v) is 18.1. The Kier molecular flexibility index (Phi) is 6.13. The van der Waals surface area contributed by atoms with Crippen LogP contribution >= 0.6 is 15.9 Å². The molecule has 1 aliphatic heterocycles. The van der Waals surface area contributed by atoms with Gasteiger partial charge in [-0.3, -0.25) is 0 Å². The topological polar surface area (TPSA) is 57.1 Å². The number of ether oxygens (including phenoxy) is 3. The molecule has 1 aliphatic rings. The minimum absolute atomic E-state index is 0.0391. The van der Waals surface area contributed by atoms with Gasteiger partial charge in [0.2, 0.25) is 5.90 Å². The second kappa shape index (κ2) is 9.14. The molecule has 0 unspecified atom stereocenters. The number of para-hydroxylation sites is 1. The summed E-state index contributed by atoms with van der Waals surface area (Å²) < 4.78 is 31.6. The standard InChI is InChI=1S/C24H17BrFNO4/c1-29-21-12-6-8-15(22(21)30-14-16-7-2-4-10-18(16)25)13-20-24(28)31-23(27-20)17-9-3-5-11-19(17)26/h2-13H,14H2,1H3/b20-13-. The molecule has 0 saturated heterocycles. The maximum Gasteiger partial charge on any atom is 0.363 e. The molecule has 0 N–H and O–H groups in total. The molecule has 0 saturated carbocycles. The van der Waals surface area contributed by atoms with Gasteiger partial charge in [-0.05, 0) is 30.3 Å². The number of benzene rings is 3. The molecule has 3 aromatic rings. The van der Waals surface area contributed by atoms with Crippen molar-refractivity contribution >= 4 is 33.9 Å². The maximum atomic E-state index is 14.0. The molecule has 7 heteroatoms. The first-order valence-corrected chi connectivity index (χ1v) is 10.2. The number of nitrogens with zero attached hydrogens (tertiary/aromatic N) is 1. The first kappa shape index (κ1) is 20.8. The van der Waals surface area contributed by atoms with Crippen molar-refractivity contribution in [2.24, 2.45) is 4.99 Å². The Morgan fingerprint density at radius 1 is 1.06 bits per heavy atom. The van der Waals surface area contributed by atoms with Crippen LogP contribution in [0.4, 0.5) is 4.39 Å². The second-order valence-corrected chi connectivity index (χ2v) is 7.43. The van der Waals surface area contributed by atoms with E-state index < -0.39 is 11.8 Å². The van der Waals surface area contributed by atoms with Crippen molar-refractivity contribution in [3.8, 4) is 11.5 Å². The van der Waals surface area contributed by atoms with Gasteiger partial charge >= 0.3 is 5.97 Å². The van der Waals surface area contributed by atoms with E-state index in [1.54, 1.807) is 30.3 Å². The highest BCUT2D eigenvalue weighted by molar-refractivity contribution is 9.10. The fraction of sp³-hybridized carbons (Fsp3) is 0.0833. The molecular weight excluding hydrogens is 465 g/mol. The molecule has 156 valence electrons. The van der Waals surface area contributed by atoms with E-state index in [2.05, 4.69) is 20.9 Å². The summed E-state index contributed by atoms with van der Waals surface area (Å²) in [5.41, 5.74) is 1.69. The molecular formula is C24H17BrFNO4. The highest BCUT2D eigenvalue weighted by atomic mass is 79.9. The Balaban J connectivity index is 1.68. The third kappa shape index (κ3) is 4.51. The van der Waals surface area contributed by atoms with Crippen LogP contribution in [0.25, 0.3) is 6.08 Å². The van der Waals surface area contributed by atoms with Gasteiger partial charge in [0.05, 0.1) is 12.7 Å². The molecule has 0 radical (unpaired) electrons. The number of esters is 1. The maximum absolute atomic E-state index is 14.0. The highest BCUT2D eigenvalue weighted by Crippen LogP contribution is 2.34. The van der Waals surface area contributed by atoms with Crippen LogP contribution in [-0.2, 0) is 16.1 Å². The van der Waals surface area contributed by atoms with Crippen LogP contribution in [0.5, 0.6) is 11.5 Å². The number of halogens is 2. The van der Waals surface area contributed by atoms with E-state index in [4.69, 9.17) is 14.2 Å². The fourth-order valence-corrected chi connectivity index (χ4v) is 3.43. The average molecular weight is 482 g/mol. The van der Waals surface area contributed by atoms with E-state index in [0.717, 1.165) is 10.0 Å². The van der Waals surface area contributed by atoms with Crippen molar-refractivity contribution in [1.29, 1.82) is 0 Å². The first-order valence-electron chi connectivity index (χ1n) is 9.37. The smallest absolute Gasteiger partial charge is 0.363 e. The molecule has 0 bridgehead atoms.